The van der Waals surface area contributed by atoms with E-state index in [1.807, 2.05) is 18.2 Å². The largest absolute Gasteiger partial charge is 0.507 e. The zero-order valence-corrected chi connectivity index (χ0v) is 40.1. The Morgan fingerprint density at radius 2 is 0.953 bits per heavy atom. The van der Waals surface area contributed by atoms with E-state index in [9.17, 15) is 5.11 Å². The van der Waals surface area contributed by atoms with Gasteiger partial charge in [0.1, 0.15) is 11.6 Å². The van der Waals surface area contributed by atoms with Crippen molar-refractivity contribution in [3.63, 3.8) is 0 Å². The quantitative estimate of drug-likeness (QED) is 0.131. The average Bonchev–Trinajstić information content (AvgIpc) is 3.91. The maximum atomic E-state index is 11.4. The summed E-state index contributed by atoms with van der Waals surface area (Å²) < 4.78 is 4.58. The fraction of sp³-hybridized carbons (Fsp3) is 0.207. The van der Waals surface area contributed by atoms with Crippen LogP contribution in [0.25, 0.3) is 78.7 Å². The van der Waals surface area contributed by atoms with Crippen molar-refractivity contribution in [2.75, 3.05) is 0 Å². The molecule has 6 heteroatoms. The molecule has 2 heterocycles. The number of phenols is 1. The molecule has 64 heavy (non-hydrogen) atoms. The predicted molar refractivity (Wildman–Crippen MR) is 262 cm³/mol. The zero-order valence-electron chi connectivity index (χ0n) is 37.9. The first kappa shape index (κ1) is 44.3. The molecule has 0 radical (unpaired) electrons. The van der Waals surface area contributed by atoms with Crippen molar-refractivity contribution in [2.24, 2.45) is 0 Å². The van der Waals surface area contributed by atoms with Crippen molar-refractivity contribution in [3.8, 4) is 73.4 Å². The molecule has 0 aliphatic heterocycles. The van der Waals surface area contributed by atoms with E-state index >= 15 is 0 Å². The summed E-state index contributed by atoms with van der Waals surface area (Å²) in [5.41, 5.74) is 17.2. The number of nitrogens with zero attached hydrogens (tertiary/aromatic N) is 4. The summed E-state index contributed by atoms with van der Waals surface area (Å²) in [5, 5.41) is 11.4. The van der Waals surface area contributed by atoms with E-state index < -0.39 is 0 Å². The molecule has 0 aliphatic carbocycles. The molecule has 0 saturated carbocycles. The molecule has 2 aromatic heterocycles. The average molecular weight is 1020 g/mol. The van der Waals surface area contributed by atoms with E-state index in [0.717, 1.165) is 39.4 Å². The van der Waals surface area contributed by atoms with Crippen LogP contribution >= 0.6 is 0 Å². The molecule has 0 bridgehead atoms. The molecule has 0 fully saturated rings. The summed E-state index contributed by atoms with van der Waals surface area (Å²) in [5.74, 6) is 2.59. The second kappa shape index (κ2) is 18.4. The van der Waals surface area contributed by atoms with Gasteiger partial charge in [0.2, 0.25) is 0 Å². The number of hydrogen-bond acceptors (Lipinski definition) is 3. The number of imidazole rings is 2. The molecule has 0 amide bonds. The second-order valence-corrected chi connectivity index (χ2v) is 17.9. The number of phenolic OH excluding ortho intramolecular Hbond substituents is 1. The van der Waals surface area contributed by atoms with Crippen molar-refractivity contribution >= 4 is 11.0 Å². The van der Waals surface area contributed by atoms with Gasteiger partial charge in [0.05, 0.1) is 28.1 Å². The normalized spacial score (nSPS) is 11.6. The number of hydrogen-bond donors (Lipinski definition) is 1. The molecule has 0 unspecified atom stereocenters. The number of aromatic nitrogens is 4. The third-order valence-electron chi connectivity index (χ3n) is 12.2. The molecule has 324 valence electrons. The third-order valence-corrected chi connectivity index (χ3v) is 12.2. The van der Waals surface area contributed by atoms with E-state index in [-0.39, 0.29) is 50.5 Å². The van der Waals surface area contributed by atoms with Crippen LogP contribution < -0.4 is 0 Å². The topological polar surface area (TPSA) is 55.9 Å². The molecule has 9 aromatic rings. The number of para-hydroxylation sites is 3. The Kier molecular flexibility index (Phi) is 12.8. The van der Waals surface area contributed by atoms with E-state index in [1.165, 1.54) is 50.2 Å². The Labute approximate surface area is 392 Å². The fourth-order valence-corrected chi connectivity index (χ4v) is 8.97. The van der Waals surface area contributed by atoms with Crippen molar-refractivity contribution in [3.05, 3.63) is 186 Å². The van der Waals surface area contributed by atoms with Crippen molar-refractivity contribution in [1.29, 1.82) is 0 Å². The van der Waals surface area contributed by atoms with Crippen LogP contribution in [0.5, 0.6) is 5.75 Å². The summed E-state index contributed by atoms with van der Waals surface area (Å²) in [7, 11) is 0. The Morgan fingerprint density at radius 3 is 1.50 bits per heavy atom. The first-order valence-corrected chi connectivity index (χ1v) is 22.3. The minimum absolute atomic E-state index is 0. The van der Waals surface area contributed by atoms with Gasteiger partial charge in [-0.25, -0.2) is 0 Å². The first-order chi connectivity index (χ1) is 30.5. The van der Waals surface area contributed by atoms with Crippen LogP contribution in [0.4, 0.5) is 0 Å². The van der Waals surface area contributed by atoms with Gasteiger partial charge in [0.15, 0.2) is 0 Å². The van der Waals surface area contributed by atoms with Crippen LogP contribution in [-0.4, -0.2) is 24.2 Å². The smallest absolute Gasteiger partial charge is 0.140 e. The monoisotopic (exact) mass is 1020 g/mol. The second-order valence-electron chi connectivity index (χ2n) is 17.9. The maximum Gasteiger partial charge on any atom is 0.140 e. The minimum Gasteiger partial charge on any atom is -0.507 e. The van der Waals surface area contributed by atoms with Gasteiger partial charge in [0.25, 0.3) is 0 Å². The first-order valence-electron chi connectivity index (χ1n) is 22.3. The number of aromatic hydroxyl groups is 1. The van der Waals surface area contributed by atoms with Crippen molar-refractivity contribution < 1.29 is 26.2 Å². The summed E-state index contributed by atoms with van der Waals surface area (Å²) in [6.45, 7) is 18.1. The maximum absolute atomic E-state index is 11.4. The van der Waals surface area contributed by atoms with Crippen LogP contribution in [0.3, 0.4) is 0 Å². The van der Waals surface area contributed by atoms with Crippen LogP contribution in [-0.2, 0) is 21.1 Å². The van der Waals surface area contributed by atoms with E-state index in [0.29, 0.717) is 11.4 Å². The van der Waals surface area contributed by atoms with Gasteiger partial charge in [-0.3, -0.25) is 9.97 Å². The summed E-state index contributed by atoms with van der Waals surface area (Å²) in [6.07, 6.45) is 2.13. The third kappa shape index (κ3) is 8.30. The molecular formula is C58H55N4OPt-. The van der Waals surface area contributed by atoms with Gasteiger partial charge in [0, 0.05) is 38.6 Å². The van der Waals surface area contributed by atoms with Crippen LogP contribution in [0.1, 0.15) is 101 Å². The standard InChI is InChI=1S/C58H55N4O.Pt/c1-36(2)47-31-44(40-20-11-9-12-21-40)32-48(37(3)4)55(47)61-35-52(60-58(61)46-26-15-18-29-54(46)63)42-24-19-25-43(30-42)57-59-51-27-16-17-28-53(51)62(57)56-49(38(5)6)33-45(34-50(56)39(7)8)41-22-13-10-14-23-41;/h9-29,31-39,63H,1-8H3;/q-1;. The molecular weight excluding hydrogens is 964 g/mol. The zero-order chi connectivity index (χ0) is 43.9. The van der Waals surface area contributed by atoms with Crippen molar-refractivity contribution in [2.45, 2.75) is 79.1 Å². The van der Waals surface area contributed by atoms with Crippen LogP contribution in [0.15, 0.2) is 158 Å². The number of rotatable bonds is 11. The van der Waals surface area contributed by atoms with Gasteiger partial charge < -0.3 is 14.2 Å². The SMILES string of the molecule is CC(C)c1cc(-c2ccccc2)cc(C(C)C)c1-n1cc(-c2[c-]c(-c3nc4ccccc4n3-c3c(C(C)C)cc(-c4ccccc4)cc3C(C)C)ccc2)nc1-c1ccccc1O.[Pt]. The molecule has 1 N–H and O–H groups in total. The molecule has 7 aromatic carbocycles. The molecule has 0 saturated heterocycles. The molecule has 9 rings (SSSR count). The summed E-state index contributed by atoms with van der Waals surface area (Å²) >= 11 is 0. The molecule has 0 atom stereocenters. The van der Waals surface area contributed by atoms with Gasteiger partial charge >= 0.3 is 0 Å². The molecule has 0 aliphatic rings. The predicted octanol–water partition coefficient (Wildman–Crippen LogP) is 15.5. The molecule has 0 spiro atoms. The Balaban J connectivity index is 0.00000560. The van der Waals surface area contributed by atoms with E-state index in [4.69, 9.17) is 9.97 Å². The Bertz CT molecular complexity index is 3030. The van der Waals surface area contributed by atoms with Gasteiger partial charge in [-0.05, 0) is 117 Å². The molecule has 5 nitrogen and oxygen atoms in total. The van der Waals surface area contributed by atoms with E-state index in [1.54, 1.807) is 6.07 Å². The van der Waals surface area contributed by atoms with Crippen molar-refractivity contribution in [1.82, 2.24) is 19.1 Å². The van der Waals surface area contributed by atoms with Gasteiger partial charge in [-0.2, -0.15) is 0 Å². The fourth-order valence-electron chi connectivity index (χ4n) is 8.97. The van der Waals surface area contributed by atoms with Gasteiger partial charge in [-0.1, -0.05) is 151 Å². The van der Waals surface area contributed by atoms with Gasteiger partial charge in [-0.15, -0.1) is 24.3 Å². The Morgan fingerprint density at radius 1 is 0.469 bits per heavy atom. The summed E-state index contributed by atoms with van der Waals surface area (Å²) in [6, 6.07) is 56.7. The number of benzene rings is 7. The van der Waals surface area contributed by atoms with E-state index in [2.05, 4.69) is 204 Å². The van der Waals surface area contributed by atoms with Crippen LogP contribution in [0, 0.1) is 6.07 Å². The minimum atomic E-state index is 0. The van der Waals surface area contributed by atoms with Crippen LogP contribution in [0.2, 0.25) is 0 Å². The Hall–Kier alpha value is -6.29. The summed E-state index contributed by atoms with van der Waals surface area (Å²) in [4.78, 5) is 10.8. The number of fused-ring (bicyclic) bond motifs is 1.